The quantitative estimate of drug-likeness (QED) is 0.600. The molecular formula is C11H14ClNO. The summed E-state index contributed by atoms with van der Waals surface area (Å²) >= 11 is 5.62. The summed E-state index contributed by atoms with van der Waals surface area (Å²) in [7, 11) is 0. The van der Waals surface area contributed by atoms with Crippen LogP contribution in [0.25, 0.3) is 0 Å². The number of carbonyl (C=O) groups is 1. The van der Waals surface area contributed by atoms with E-state index in [1.807, 2.05) is 12.1 Å². The Morgan fingerprint density at radius 2 is 2.07 bits per heavy atom. The van der Waals surface area contributed by atoms with Crippen LogP contribution in [0.5, 0.6) is 0 Å². The predicted molar refractivity (Wildman–Crippen MR) is 60.3 cm³/mol. The number of benzene rings is 1. The maximum atomic E-state index is 10.4. The molecule has 0 aliphatic carbocycles. The molecule has 2 nitrogen and oxygen atoms in total. The second-order valence-corrected chi connectivity index (χ2v) is 3.64. The van der Waals surface area contributed by atoms with E-state index in [0.29, 0.717) is 17.5 Å². The van der Waals surface area contributed by atoms with E-state index < -0.39 is 0 Å². The van der Waals surface area contributed by atoms with Crippen molar-refractivity contribution in [2.24, 2.45) is 0 Å². The molecule has 0 amide bonds. The van der Waals surface area contributed by atoms with Crippen molar-refractivity contribution in [1.82, 2.24) is 0 Å². The van der Waals surface area contributed by atoms with E-state index in [2.05, 4.69) is 12.2 Å². The first-order valence-corrected chi connectivity index (χ1v) is 5.17. The zero-order chi connectivity index (χ0) is 10.4. The summed E-state index contributed by atoms with van der Waals surface area (Å²) in [4.78, 5) is 10.4. The van der Waals surface area contributed by atoms with Gasteiger partial charge >= 0.3 is 0 Å². The molecule has 0 aromatic heterocycles. The highest BCUT2D eigenvalue weighted by Gasteiger charge is 2.00. The van der Waals surface area contributed by atoms with Crippen LogP contribution >= 0.6 is 11.6 Å². The van der Waals surface area contributed by atoms with Gasteiger partial charge in [-0.05, 0) is 37.6 Å². The average molecular weight is 212 g/mol. The molecule has 1 atom stereocenters. The fourth-order valence-corrected chi connectivity index (χ4v) is 1.51. The SMILES string of the molecule is CC(CCCl)Nc1ccc(C=O)cc1. The van der Waals surface area contributed by atoms with Crippen LogP contribution in [0.1, 0.15) is 23.7 Å². The molecule has 1 unspecified atom stereocenters. The molecule has 0 fully saturated rings. The Bertz CT molecular complexity index is 284. The average Bonchev–Trinajstić information content (AvgIpc) is 2.19. The monoisotopic (exact) mass is 211 g/mol. The molecule has 76 valence electrons. The highest BCUT2D eigenvalue weighted by molar-refractivity contribution is 6.17. The van der Waals surface area contributed by atoms with Crippen LogP contribution in [-0.2, 0) is 0 Å². The first-order chi connectivity index (χ1) is 6.76. The molecule has 1 aromatic rings. The van der Waals surface area contributed by atoms with Gasteiger partial charge in [-0.2, -0.15) is 0 Å². The number of aldehydes is 1. The van der Waals surface area contributed by atoms with E-state index in [-0.39, 0.29) is 0 Å². The van der Waals surface area contributed by atoms with Gasteiger partial charge in [0.25, 0.3) is 0 Å². The first-order valence-electron chi connectivity index (χ1n) is 4.64. The van der Waals surface area contributed by atoms with E-state index in [4.69, 9.17) is 11.6 Å². The Labute approximate surface area is 89.3 Å². The van der Waals surface area contributed by atoms with Gasteiger partial charge in [0.15, 0.2) is 0 Å². The van der Waals surface area contributed by atoms with Gasteiger partial charge in [0, 0.05) is 23.2 Å². The highest BCUT2D eigenvalue weighted by Crippen LogP contribution is 2.10. The lowest BCUT2D eigenvalue weighted by atomic mass is 10.2. The Balaban J connectivity index is 2.55. The van der Waals surface area contributed by atoms with Gasteiger partial charge in [0.1, 0.15) is 6.29 Å². The molecule has 3 heteroatoms. The molecule has 1 N–H and O–H groups in total. The molecule has 0 saturated heterocycles. The van der Waals surface area contributed by atoms with Crippen molar-refractivity contribution in [1.29, 1.82) is 0 Å². The second-order valence-electron chi connectivity index (χ2n) is 3.26. The van der Waals surface area contributed by atoms with Crippen LogP contribution in [-0.4, -0.2) is 18.2 Å². The number of anilines is 1. The van der Waals surface area contributed by atoms with Gasteiger partial charge in [-0.15, -0.1) is 11.6 Å². The minimum Gasteiger partial charge on any atom is -0.383 e. The number of hydrogen-bond donors (Lipinski definition) is 1. The van der Waals surface area contributed by atoms with Crippen LogP contribution in [0.15, 0.2) is 24.3 Å². The minimum absolute atomic E-state index is 0.356. The van der Waals surface area contributed by atoms with Crippen molar-refractivity contribution in [3.05, 3.63) is 29.8 Å². The van der Waals surface area contributed by atoms with E-state index in [9.17, 15) is 4.79 Å². The molecule has 1 aromatic carbocycles. The molecule has 0 aliphatic rings. The van der Waals surface area contributed by atoms with Crippen molar-refractivity contribution in [2.75, 3.05) is 11.2 Å². The van der Waals surface area contributed by atoms with E-state index in [0.717, 1.165) is 18.4 Å². The van der Waals surface area contributed by atoms with Crippen molar-refractivity contribution >= 4 is 23.6 Å². The van der Waals surface area contributed by atoms with Gasteiger partial charge in [-0.25, -0.2) is 0 Å². The summed E-state index contributed by atoms with van der Waals surface area (Å²) in [6.45, 7) is 2.08. The van der Waals surface area contributed by atoms with Crippen molar-refractivity contribution in [3.8, 4) is 0 Å². The van der Waals surface area contributed by atoms with Gasteiger partial charge in [0.05, 0.1) is 0 Å². The lowest BCUT2D eigenvalue weighted by molar-refractivity contribution is 0.112. The smallest absolute Gasteiger partial charge is 0.150 e. The summed E-state index contributed by atoms with van der Waals surface area (Å²) in [6, 6.07) is 7.74. The van der Waals surface area contributed by atoms with Gasteiger partial charge in [0.2, 0.25) is 0 Å². The van der Waals surface area contributed by atoms with Gasteiger partial charge in [-0.1, -0.05) is 0 Å². The van der Waals surface area contributed by atoms with E-state index in [1.165, 1.54) is 0 Å². The Kier molecular flexibility index (Phi) is 4.47. The molecule has 1 rings (SSSR count). The molecule has 0 heterocycles. The van der Waals surface area contributed by atoms with Crippen LogP contribution in [0.4, 0.5) is 5.69 Å². The van der Waals surface area contributed by atoms with Gasteiger partial charge < -0.3 is 5.32 Å². The maximum absolute atomic E-state index is 10.4. The number of rotatable bonds is 5. The van der Waals surface area contributed by atoms with Crippen molar-refractivity contribution in [2.45, 2.75) is 19.4 Å². The summed E-state index contributed by atoms with van der Waals surface area (Å²) in [5.41, 5.74) is 1.72. The molecule has 0 radical (unpaired) electrons. The zero-order valence-corrected chi connectivity index (χ0v) is 8.92. The lowest BCUT2D eigenvalue weighted by Crippen LogP contribution is -2.15. The number of halogens is 1. The summed E-state index contributed by atoms with van der Waals surface area (Å²) < 4.78 is 0. The maximum Gasteiger partial charge on any atom is 0.150 e. The topological polar surface area (TPSA) is 29.1 Å². The summed E-state index contributed by atoms with van der Waals surface area (Å²) in [5.74, 6) is 0.653. The molecule has 0 saturated carbocycles. The Morgan fingerprint density at radius 3 is 2.57 bits per heavy atom. The van der Waals surface area contributed by atoms with Crippen LogP contribution < -0.4 is 5.32 Å². The number of carbonyl (C=O) groups excluding carboxylic acids is 1. The molecular weight excluding hydrogens is 198 g/mol. The lowest BCUT2D eigenvalue weighted by Gasteiger charge is -2.13. The number of nitrogens with one attached hydrogen (secondary N) is 1. The largest absolute Gasteiger partial charge is 0.383 e. The van der Waals surface area contributed by atoms with Crippen molar-refractivity contribution < 1.29 is 4.79 Å². The second kappa shape index (κ2) is 5.66. The normalized spacial score (nSPS) is 12.1. The summed E-state index contributed by atoms with van der Waals surface area (Å²) in [5, 5.41) is 3.29. The third-order valence-corrected chi connectivity index (χ3v) is 2.22. The fraction of sp³-hybridized carbons (Fsp3) is 0.364. The molecule has 0 bridgehead atoms. The van der Waals surface area contributed by atoms with E-state index >= 15 is 0 Å². The highest BCUT2D eigenvalue weighted by atomic mass is 35.5. The standard InChI is InChI=1S/C11H14ClNO/c1-9(6-7-12)13-11-4-2-10(8-14)3-5-11/h2-5,8-9,13H,6-7H2,1H3. The number of alkyl halides is 1. The first kappa shape index (κ1) is 11.1. The summed E-state index contributed by atoms with van der Waals surface area (Å²) in [6.07, 6.45) is 1.77. The molecule has 14 heavy (non-hydrogen) atoms. The Morgan fingerprint density at radius 1 is 1.43 bits per heavy atom. The number of hydrogen-bond acceptors (Lipinski definition) is 2. The minimum atomic E-state index is 0.356. The third kappa shape index (κ3) is 3.38. The van der Waals surface area contributed by atoms with Crippen LogP contribution in [0, 0.1) is 0 Å². The van der Waals surface area contributed by atoms with E-state index in [1.54, 1.807) is 12.1 Å². The van der Waals surface area contributed by atoms with Gasteiger partial charge in [-0.3, -0.25) is 4.79 Å². The molecule has 0 spiro atoms. The molecule has 0 aliphatic heterocycles. The fourth-order valence-electron chi connectivity index (χ4n) is 1.18. The predicted octanol–water partition coefficient (Wildman–Crippen LogP) is 2.93. The zero-order valence-electron chi connectivity index (χ0n) is 8.16. The Hall–Kier alpha value is -1.02. The van der Waals surface area contributed by atoms with Crippen LogP contribution in [0.3, 0.4) is 0 Å². The van der Waals surface area contributed by atoms with Crippen molar-refractivity contribution in [3.63, 3.8) is 0 Å². The third-order valence-electron chi connectivity index (χ3n) is 2.00. The van der Waals surface area contributed by atoms with Crippen LogP contribution in [0.2, 0.25) is 0 Å².